The fraction of sp³-hybridized carbons (Fsp3) is 0.538. The molecule has 1 fully saturated rings. The number of aromatic nitrogens is 1. The lowest BCUT2D eigenvalue weighted by atomic mass is 10.1. The van der Waals surface area contributed by atoms with Crippen LogP contribution in [0.4, 0.5) is 0 Å². The Hall–Kier alpha value is -0.930. The molecule has 0 spiro atoms. The average molecular weight is 385 g/mol. The molecule has 23 heavy (non-hydrogen) atoms. The molecule has 1 aromatic rings. The normalized spacial score (nSPS) is 17.5. The summed E-state index contributed by atoms with van der Waals surface area (Å²) in [7, 11) is -3.59. The third-order valence-electron chi connectivity index (χ3n) is 3.25. The Kier molecular flexibility index (Phi) is 10.3. The Balaban J connectivity index is 0.00000242. The van der Waals surface area contributed by atoms with E-state index in [4.69, 9.17) is 0 Å². The zero-order chi connectivity index (χ0) is 15.1. The zero-order valence-corrected chi connectivity index (χ0v) is 15.0. The summed E-state index contributed by atoms with van der Waals surface area (Å²) in [4.78, 5) is 15.6. The van der Waals surface area contributed by atoms with Crippen LogP contribution in [0.25, 0.3) is 0 Å². The Morgan fingerprint density at radius 1 is 1.39 bits per heavy atom. The van der Waals surface area contributed by atoms with Gasteiger partial charge in [-0.3, -0.25) is 9.78 Å². The van der Waals surface area contributed by atoms with Gasteiger partial charge in [0.05, 0.1) is 0 Å². The molecule has 0 saturated carbocycles. The van der Waals surface area contributed by atoms with Crippen LogP contribution in [0, 0.1) is 0 Å². The third kappa shape index (κ3) is 7.45. The molecule has 10 heteroatoms. The minimum absolute atomic E-state index is 0. The van der Waals surface area contributed by atoms with E-state index in [-0.39, 0.29) is 54.6 Å². The van der Waals surface area contributed by atoms with Crippen LogP contribution in [0.1, 0.15) is 19.3 Å². The number of piperidine rings is 1. The molecule has 1 aliphatic heterocycles. The molecule has 132 valence electrons. The maximum absolute atomic E-state index is 11.9. The van der Waals surface area contributed by atoms with Crippen LogP contribution >= 0.6 is 24.8 Å². The van der Waals surface area contributed by atoms with E-state index < -0.39 is 10.0 Å². The monoisotopic (exact) mass is 384 g/mol. The molecule has 1 aliphatic rings. The molecule has 2 heterocycles. The van der Waals surface area contributed by atoms with Crippen LogP contribution < -0.4 is 15.4 Å². The van der Waals surface area contributed by atoms with Crippen molar-refractivity contribution in [2.75, 3.05) is 19.6 Å². The van der Waals surface area contributed by atoms with Gasteiger partial charge in [0, 0.05) is 37.9 Å². The summed E-state index contributed by atoms with van der Waals surface area (Å²) in [6, 6.07) is 3.15. The number of rotatable bonds is 6. The van der Waals surface area contributed by atoms with Gasteiger partial charge < -0.3 is 10.6 Å². The van der Waals surface area contributed by atoms with Crippen molar-refractivity contribution < 1.29 is 13.2 Å². The lowest BCUT2D eigenvalue weighted by Gasteiger charge is -2.23. The highest BCUT2D eigenvalue weighted by molar-refractivity contribution is 7.89. The minimum Gasteiger partial charge on any atom is -0.352 e. The standard InChI is InChI=1S/C13H20N4O3S.2ClH/c18-13(17-11-3-1-6-14-9-11)5-8-16-21(19,20)12-4-2-7-15-10-12;;/h2,4,7,10-11,14,16H,1,3,5-6,8-9H2,(H,17,18);2*1H. The first kappa shape index (κ1) is 22.1. The molecule has 0 radical (unpaired) electrons. The van der Waals surface area contributed by atoms with E-state index in [0.29, 0.717) is 0 Å². The second-order valence-electron chi connectivity index (χ2n) is 4.95. The summed E-state index contributed by atoms with van der Waals surface area (Å²) in [6.07, 6.45) is 4.90. The maximum Gasteiger partial charge on any atom is 0.242 e. The number of carbonyl (C=O) groups excluding carboxylic acids is 1. The van der Waals surface area contributed by atoms with Gasteiger partial charge in [0.2, 0.25) is 15.9 Å². The van der Waals surface area contributed by atoms with Crippen LogP contribution in [0.2, 0.25) is 0 Å². The quantitative estimate of drug-likeness (QED) is 0.661. The van der Waals surface area contributed by atoms with E-state index in [9.17, 15) is 13.2 Å². The predicted octanol–water partition coefficient (Wildman–Crippen LogP) is 0.462. The number of nitrogens with zero attached hydrogens (tertiary/aromatic N) is 1. The average Bonchev–Trinajstić information content (AvgIpc) is 2.49. The molecule has 0 bridgehead atoms. The van der Waals surface area contributed by atoms with Gasteiger partial charge >= 0.3 is 0 Å². The lowest BCUT2D eigenvalue weighted by Crippen LogP contribution is -2.46. The molecule has 0 aliphatic carbocycles. The summed E-state index contributed by atoms with van der Waals surface area (Å²) in [5.74, 6) is -0.141. The number of pyridine rings is 1. The number of amides is 1. The Labute approximate surface area is 148 Å². The molecule has 1 unspecified atom stereocenters. The van der Waals surface area contributed by atoms with Crippen molar-refractivity contribution in [2.45, 2.75) is 30.2 Å². The van der Waals surface area contributed by atoms with Gasteiger partial charge in [-0.15, -0.1) is 24.8 Å². The third-order valence-corrected chi connectivity index (χ3v) is 4.70. The molecule has 1 amide bonds. The van der Waals surface area contributed by atoms with Gasteiger partial charge in [-0.05, 0) is 31.5 Å². The zero-order valence-electron chi connectivity index (χ0n) is 12.5. The fourth-order valence-corrected chi connectivity index (χ4v) is 3.16. The Morgan fingerprint density at radius 2 is 2.17 bits per heavy atom. The predicted molar refractivity (Wildman–Crippen MR) is 92.6 cm³/mol. The highest BCUT2D eigenvalue weighted by atomic mass is 35.5. The minimum atomic E-state index is -3.59. The second-order valence-corrected chi connectivity index (χ2v) is 6.71. The molecule has 0 aromatic carbocycles. The van der Waals surface area contributed by atoms with Crippen molar-refractivity contribution in [3.63, 3.8) is 0 Å². The summed E-state index contributed by atoms with van der Waals surface area (Å²) in [6.45, 7) is 1.83. The van der Waals surface area contributed by atoms with Crippen molar-refractivity contribution >= 4 is 40.7 Å². The first-order valence-corrected chi connectivity index (χ1v) is 8.46. The number of nitrogens with one attached hydrogen (secondary N) is 3. The fourth-order valence-electron chi connectivity index (χ4n) is 2.16. The lowest BCUT2D eigenvalue weighted by molar-refractivity contribution is -0.121. The van der Waals surface area contributed by atoms with E-state index in [0.717, 1.165) is 25.9 Å². The van der Waals surface area contributed by atoms with Crippen molar-refractivity contribution in [1.29, 1.82) is 0 Å². The van der Waals surface area contributed by atoms with Gasteiger partial charge in [-0.2, -0.15) is 0 Å². The molecular weight excluding hydrogens is 363 g/mol. The number of halogens is 2. The van der Waals surface area contributed by atoms with Gasteiger partial charge in [-0.25, -0.2) is 13.1 Å². The van der Waals surface area contributed by atoms with Crippen LogP contribution in [0.3, 0.4) is 0 Å². The van der Waals surface area contributed by atoms with Gasteiger partial charge in [-0.1, -0.05) is 0 Å². The summed E-state index contributed by atoms with van der Waals surface area (Å²) in [5, 5.41) is 6.11. The van der Waals surface area contributed by atoms with Crippen LogP contribution in [-0.4, -0.2) is 45.0 Å². The highest BCUT2D eigenvalue weighted by Crippen LogP contribution is 2.05. The Morgan fingerprint density at radius 3 is 2.78 bits per heavy atom. The SMILES string of the molecule is Cl.Cl.O=C(CCNS(=O)(=O)c1cccnc1)NC1CCCNC1. The van der Waals surface area contributed by atoms with E-state index in [1.165, 1.54) is 18.5 Å². The molecule has 1 saturated heterocycles. The summed E-state index contributed by atoms with van der Waals surface area (Å²) < 4.78 is 26.2. The van der Waals surface area contributed by atoms with Crippen molar-refractivity contribution in [2.24, 2.45) is 0 Å². The number of hydrogen-bond acceptors (Lipinski definition) is 5. The summed E-state index contributed by atoms with van der Waals surface area (Å²) in [5.41, 5.74) is 0. The van der Waals surface area contributed by atoms with Crippen molar-refractivity contribution in [3.05, 3.63) is 24.5 Å². The van der Waals surface area contributed by atoms with E-state index in [2.05, 4.69) is 20.3 Å². The van der Waals surface area contributed by atoms with Crippen LogP contribution in [0.5, 0.6) is 0 Å². The van der Waals surface area contributed by atoms with Crippen molar-refractivity contribution in [3.8, 4) is 0 Å². The van der Waals surface area contributed by atoms with Crippen LogP contribution in [-0.2, 0) is 14.8 Å². The van der Waals surface area contributed by atoms with E-state index >= 15 is 0 Å². The first-order valence-electron chi connectivity index (χ1n) is 6.98. The molecular formula is C13H22Cl2N4O3S. The highest BCUT2D eigenvalue weighted by Gasteiger charge is 2.17. The number of carbonyl (C=O) groups is 1. The molecule has 2 rings (SSSR count). The molecule has 1 aromatic heterocycles. The molecule has 1 atom stereocenters. The van der Waals surface area contributed by atoms with E-state index in [1.54, 1.807) is 6.07 Å². The maximum atomic E-state index is 11.9. The Bertz CT molecular complexity index is 566. The van der Waals surface area contributed by atoms with E-state index in [1.807, 2.05) is 0 Å². The van der Waals surface area contributed by atoms with Gasteiger partial charge in [0.1, 0.15) is 4.90 Å². The van der Waals surface area contributed by atoms with Gasteiger partial charge in [0.15, 0.2) is 0 Å². The second kappa shape index (κ2) is 10.8. The summed E-state index contributed by atoms with van der Waals surface area (Å²) >= 11 is 0. The number of hydrogen-bond donors (Lipinski definition) is 3. The van der Waals surface area contributed by atoms with Crippen LogP contribution in [0.15, 0.2) is 29.4 Å². The largest absolute Gasteiger partial charge is 0.352 e. The van der Waals surface area contributed by atoms with Gasteiger partial charge in [0.25, 0.3) is 0 Å². The number of sulfonamides is 1. The van der Waals surface area contributed by atoms with Crippen molar-refractivity contribution in [1.82, 2.24) is 20.3 Å². The molecule has 3 N–H and O–H groups in total. The smallest absolute Gasteiger partial charge is 0.242 e. The molecule has 7 nitrogen and oxygen atoms in total. The topological polar surface area (TPSA) is 100 Å². The first-order chi connectivity index (χ1) is 10.1.